The molecule has 2 fully saturated rings. The van der Waals surface area contributed by atoms with Crippen LogP contribution in [-0.4, -0.2) is 42.9 Å². The Morgan fingerprint density at radius 1 is 0.862 bits per heavy atom. The summed E-state index contributed by atoms with van der Waals surface area (Å²) < 4.78 is 0. The van der Waals surface area contributed by atoms with E-state index in [-0.39, 0.29) is 12.8 Å². The van der Waals surface area contributed by atoms with Gasteiger partial charge in [0.15, 0.2) is 12.5 Å². The van der Waals surface area contributed by atoms with E-state index in [2.05, 4.69) is 45.6 Å². The van der Waals surface area contributed by atoms with Crippen LogP contribution in [0.2, 0.25) is 0 Å². The predicted molar refractivity (Wildman–Crippen MR) is 115 cm³/mol. The number of para-hydroxylation sites is 2. The van der Waals surface area contributed by atoms with E-state index in [4.69, 9.17) is 0 Å². The van der Waals surface area contributed by atoms with E-state index in [0.29, 0.717) is 6.04 Å². The Bertz CT molecular complexity index is 749. The minimum Gasteiger partial charge on any atom is -0.329 e. The number of likely N-dealkylation sites (tertiary alicyclic amines) is 1. The molecule has 1 aromatic rings. The molecule has 2 aliphatic heterocycles. The fourth-order valence-electron chi connectivity index (χ4n) is 5.52. The van der Waals surface area contributed by atoms with Crippen LogP contribution in [0.25, 0.3) is 0 Å². The molecule has 6 heteroatoms. The van der Waals surface area contributed by atoms with Gasteiger partial charge in [-0.2, -0.15) is 10.5 Å². The van der Waals surface area contributed by atoms with Gasteiger partial charge in [0.1, 0.15) is 6.54 Å². The summed E-state index contributed by atoms with van der Waals surface area (Å²) in [5, 5.41) is 21.6. The van der Waals surface area contributed by atoms with E-state index in [1.54, 1.807) is 0 Å². The number of nitriles is 2. The molecule has 6 nitrogen and oxygen atoms in total. The van der Waals surface area contributed by atoms with Crippen LogP contribution in [-0.2, 0) is 0 Å². The van der Waals surface area contributed by atoms with E-state index in [0.717, 1.165) is 43.3 Å². The molecule has 0 spiro atoms. The van der Waals surface area contributed by atoms with Gasteiger partial charge in [-0.05, 0) is 37.8 Å². The van der Waals surface area contributed by atoms with Crippen molar-refractivity contribution in [2.24, 2.45) is 0 Å². The number of hydrogen-bond acceptors (Lipinski definition) is 6. The number of fused-ring (bicyclic) bond motifs is 1. The van der Waals surface area contributed by atoms with Crippen molar-refractivity contribution in [2.75, 3.05) is 29.4 Å². The van der Waals surface area contributed by atoms with E-state index < -0.39 is 0 Å². The van der Waals surface area contributed by atoms with Crippen LogP contribution in [0.3, 0.4) is 0 Å². The Hall–Kier alpha value is -2.44. The largest absolute Gasteiger partial charge is 0.329 e. The van der Waals surface area contributed by atoms with Gasteiger partial charge in [-0.25, -0.2) is 0 Å². The second-order valence-electron chi connectivity index (χ2n) is 8.58. The Labute approximate surface area is 174 Å². The van der Waals surface area contributed by atoms with Gasteiger partial charge in [-0.3, -0.25) is 5.32 Å². The molecule has 2 heterocycles. The van der Waals surface area contributed by atoms with Crippen molar-refractivity contribution < 1.29 is 0 Å². The molecule has 0 amide bonds. The first-order valence-corrected chi connectivity index (χ1v) is 11.2. The van der Waals surface area contributed by atoms with Crippen LogP contribution in [0.4, 0.5) is 11.4 Å². The van der Waals surface area contributed by atoms with Gasteiger partial charge in [0, 0.05) is 25.2 Å². The van der Waals surface area contributed by atoms with Crippen molar-refractivity contribution in [1.29, 1.82) is 10.5 Å². The Balaban J connectivity index is 1.48. The number of benzene rings is 1. The predicted octanol–water partition coefficient (Wildman–Crippen LogP) is 3.77. The lowest BCUT2D eigenvalue weighted by Crippen LogP contribution is -2.58. The van der Waals surface area contributed by atoms with Crippen molar-refractivity contribution in [1.82, 2.24) is 10.2 Å². The topological polar surface area (TPSA) is 69.3 Å². The maximum absolute atomic E-state index is 9.36. The molecule has 1 saturated carbocycles. The van der Waals surface area contributed by atoms with Gasteiger partial charge in [-0.1, -0.05) is 44.2 Å². The summed E-state index contributed by atoms with van der Waals surface area (Å²) >= 11 is 0. The molecular weight excluding hydrogens is 360 g/mol. The van der Waals surface area contributed by atoms with Crippen molar-refractivity contribution >= 4 is 11.4 Å². The summed E-state index contributed by atoms with van der Waals surface area (Å²) in [5.74, 6) is 0. The van der Waals surface area contributed by atoms with Crippen LogP contribution < -0.4 is 15.1 Å². The number of nitrogens with one attached hydrogen (secondary N) is 1. The molecule has 0 radical (unpaired) electrons. The van der Waals surface area contributed by atoms with Crippen LogP contribution >= 0.6 is 0 Å². The molecule has 1 aromatic carbocycles. The quantitative estimate of drug-likeness (QED) is 0.478. The molecule has 0 bridgehead atoms. The van der Waals surface area contributed by atoms with E-state index in [1.807, 2.05) is 11.0 Å². The summed E-state index contributed by atoms with van der Waals surface area (Å²) in [6, 6.07) is 11.6. The lowest BCUT2D eigenvalue weighted by molar-refractivity contribution is 0.126. The Morgan fingerprint density at radius 2 is 1.52 bits per heavy atom. The highest BCUT2D eigenvalue weighted by Gasteiger charge is 2.40. The molecule has 1 aliphatic carbocycles. The highest BCUT2D eigenvalue weighted by Crippen LogP contribution is 2.41. The maximum atomic E-state index is 9.36. The number of hydrogen-bond donors (Lipinski definition) is 1. The third-order valence-corrected chi connectivity index (χ3v) is 6.95. The minimum absolute atomic E-state index is 0.269. The van der Waals surface area contributed by atoms with Gasteiger partial charge in [-0.15, -0.1) is 0 Å². The number of rotatable bonds is 4. The molecular formula is C23H32N6. The first-order chi connectivity index (χ1) is 14.3. The zero-order chi connectivity index (χ0) is 20.1. The molecule has 0 aromatic heterocycles. The zero-order valence-corrected chi connectivity index (χ0v) is 17.3. The Morgan fingerprint density at radius 3 is 2.17 bits per heavy atom. The maximum Gasteiger partial charge on any atom is 0.188 e. The zero-order valence-electron chi connectivity index (χ0n) is 17.3. The van der Waals surface area contributed by atoms with Crippen LogP contribution in [0.15, 0.2) is 24.3 Å². The summed E-state index contributed by atoms with van der Waals surface area (Å²) in [6.45, 7) is 2.53. The molecule has 3 aliphatic rings. The van der Waals surface area contributed by atoms with Crippen molar-refractivity contribution in [3.63, 3.8) is 0 Å². The molecule has 154 valence electrons. The van der Waals surface area contributed by atoms with Gasteiger partial charge in [0.2, 0.25) is 0 Å². The normalized spacial score (nSPS) is 24.3. The summed E-state index contributed by atoms with van der Waals surface area (Å²) in [5.41, 5.74) is 2.18. The fraction of sp³-hybridized carbons (Fsp3) is 0.652. The molecule has 29 heavy (non-hydrogen) atoms. The summed E-state index contributed by atoms with van der Waals surface area (Å²) in [4.78, 5) is 7.09. The van der Waals surface area contributed by atoms with Crippen LogP contribution in [0, 0.1) is 22.8 Å². The first kappa shape index (κ1) is 19.9. The molecule has 4 rings (SSSR count). The number of piperidine rings is 1. The monoisotopic (exact) mass is 392 g/mol. The summed E-state index contributed by atoms with van der Waals surface area (Å²) in [6.07, 6.45) is 13.7. The molecule has 1 N–H and O–H groups in total. The van der Waals surface area contributed by atoms with Gasteiger partial charge < -0.3 is 14.7 Å². The lowest BCUT2D eigenvalue weighted by atomic mass is 9.93. The average molecular weight is 393 g/mol. The van der Waals surface area contributed by atoms with Gasteiger partial charge in [0.05, 0.1) is 17.4 Å². The third-order valence-electron chi connectivity index (χ3n) is 6.95. The second kappa shape index (κ2) is 9.37. The Kier molecular flexibility index (Phi) is 6.42. The van der Waals surface area contributed by atoms with Gasteiger partial charge in [0.25, 0.3) is 0 Å². The van der Waals surface area contributed by atoms with Crippen LogP contribution in [0.1, 0.15) is 57.8 Å². The van der Waals surface area contributed by atoms with E-state index in [1.165, 1.54) is 44.9 Å². The smallest absolute Gasteiger partial charge is 0.188 e. The standard InChI is InChI=1S/C23H32N6/c24-14-17-28-21-10-6-7-11-22(21)29(23(28)26-18-25)20-12-15-27(16-13-20)19-8-4-2-1-3-5-9-19/h6-7,10-11,19-20,23,26H,1-5,8-9,12-13,15-17H2. The average Bonchev–Trinajstić information content (AvgIpc) is 3.02. The van der Waals surface area contributed by atoms with Crippen molar-refractivity contribution in [2.45, 2.75) is 76.2 Å². The number of anilines is 2. The van der Waals surface area contributed by atoms with Crippen LogP contribution in [0.5, 0.6) is 0 Å². The van der Waals surface area contributed by atoms with Crippen molar-refractivity contribution in [3.05, 3.63) is 24.3 Å². The highest BCUT2D eigenvalue weighted by molar-refractivity contribution is 5.78. The molecule has 1 unspecified atom stereocenters. The third kappa shape index (κ3) is 4.14. The molecule has 1 saturated heterocycles. The lowest BCUT2D eigenvalue weighted by Gasteiger charge is -2.43. The van der Waals surface area contributed by atoms with E-state index in [9.17, 15) is 10.5 Å². The number of nitrogens with zero attached hydrogens (tertiary/aromatic N) is 5. The van der Waals surface area contributed by atoms with Crippen molar-refractivity contribution in [3.8, 4) is 12.3 Å². The molecule has 1 atom stereocenters. The van der Waals surface area contributed by atoms with Gasteiger partial charge >= 0.3 is 0 Å². The van der Waals surface area contributed by atoms with E-state index >= 15 is 0 Å². The SMILES string of the molecule is N#CCN1c2ccccc2N(C2CCN(C3CCCCCCC3)CC2)C1NC#N. The first-order valence-electron chi connectivity index (χ1n) is 11.2. The minimum atomic E-state index is -0.269. The second-order valence-corrected chi connectivity index (χ2v) is 8.58. The highest BCUT2D eigenvalue weighted by atomic mass is 15.5. The summed E-state index contributed by atoms with van der Waals surface area (Å²) in [7, 11) is 0. The fourth-order valence-corrected chi connectivity index (χ4v) is 5.52.